The fourth-order valence-corrected chi connectivity index (χ4v) is 7.51. The van der Waals surface area contributed by atoms with Gasteiger partial charge < -0.3 is 53.5 Å². The van der Waals surface area contributed by atoms with Gasteiger partial charge in [-0.25, -0.2) is 84.9 Å². The van der Waals surface area contributed by atoms with Crippen molar-refractivity contribution in [2.75, 3.05) is 67.5 Å². The number of methoxy groups -OCH3 is 1. The monoisotopic (exact) mass is 1840 g/mol. The summed E-state index contributed by atoms with van der Waals surface area (Å²) in [6.45, 7) is 32.6. The largest absolute Gasteiger partial charge is 0.481 e. The molecule has 0 spiro atoms. The van der Waals surface area contributed by atoms with Crippen LogP contribution in [0.2, 0.25) is 0 Å². The van der Waals surface area contributed by atoms with Crippen molar-refractivity contribution in [3.8, 4) is 6.07 Å². The van der Waals surface area contributed by atoms with Gasteiger partial charge in [-0.1, -0.05) is 144 Å². The molecule has 2 unspecified atom stereocenters. The lowest BCUT2D eigenvalue weighted by Crippen LogP contribution is -2.43. The summed E-state index contributed by atoms with van der Waals surface area (Å²) < 4.78 is 227. The third-order valence-corrected chi connectivity index (χ3v) is 15.5. The first kappa shape index (κ1) is 133. The number of nitrogens with one attached hydrogen (secondary N) is 2. The van der Waals surface area contributed by atoms with E-state index in [2.05, 4.69) is 55.6 Å². The van der Waals surface area contributed by atoms with Crippen LogP contribution in [-0.4, -0.2) is 212 Å². The molecule has 0 heterocycles. The van der Waals surface area contributed by atoms with Gasteiger partial charge in [0.25, 0.3) is 12.9 Å². The number of hydroxylamine groups is 2. The Kier molecular flexibility index (Phi) is 77.6. The summed E-state index contributed by atoms with van der Waals surface area (Å²) in [6, 6.07) is 19.3. The van der Waals surface area contributed by atoms with E-state index in [-0.39, 0.29) is 84.2 Å². The van der Waals surface area contributed by atoms with Crippen molar-refractivity contribution in [1.29, 1.82) is 5.26 Å². The van der Waals surface area contributed by atoms with Crippen LogP contribution >= 0.6 is 12.4 Å². The number of hydrogen-bond donors (Lipinski definition) is 4. The van der Waals surface area contributed by atoms with Gasteiger partial charge in [0.1, 0.15) is 24.3 Å². The van der Waals surface area contributed by atoms with Crippen LogP contribution < -0.4 is 10.6 Å². The zero-order valence-electron chi connectivity index (χ0n) is 74.5. The van der Waals surface area contributed by atoms with Crippen molar-refractivity contribution in [3.05, 3.63) is 89.9 Å². The number of ether oxygens (including phenoxy) is 7. The molecule has 720 valence electrons. The molecule has 1 amide bonds. The van der Waals surface area contributed by atoms with E-state index < -0.39 is 179 Å². The van der Waals surface area contributed by atoms with Gasteiger partial charge in [0.15, 0.2) is 18.3 Å². The maximum Gasteiger partial charge on any atom is 0.345 e. The van der Waals surface area contributed by atoms with Gasteiger partial charge in [-0.2, -0.15) is 5.26 Å². The van der Waals surface area contributed by atoms with Crippen molar-refractivity contribution in [1.82, 2.24) is 15.7 Å². The number of benzene rings is 2. The minimum atomic E-state index is -2.90. The lowest BCUT2D eigenvalue weighted by Gasteiger charge is -2.29. The van der Waals surface area contributed by atoms with E-state index in [4.69, 9.17) is 15.5 Å². The minimum Gasteiger partial charge on any atom is -0.481 e. The molecule has 2 aromatic rings. The highest BCUT2D eigenvalue weighted by atomic mass is 35.5. The highest BCUT2D eigenvalue weighted by Gasteiger charge is 2.49. The fourth-order valence-electron chi connectivity index (χ4n) is 7.51. The smallest absolute Gasteiger partial charge is 0.345 e. The van der Waals surface area contributed by atoms with Crippen molar-refractivity contribution in [2.45, 2.75) is 254 Å². The highest BCUT2D eigenvalue weighted by Crippen LogP contribution is 2.37. The van der Waals surface area contributed by atoms with Crippen LogP contribution in [-0.2, 0) is 104 Å². The first-order valence-corrected chi connectivity index (χ1v) is 37.8. The van der Waals surface area contributed by atoms with Crippen LogP contribution in [0, 0.1) is 56.7 Å². The lowest BCUT2D eigenvalue weighted by molar-refractivity contribution is -0.174. The molecule has 0 bridgehead atoms. The number of amides is 1. The van der Waals surface area contributed by atoms with Gasteiger partial charge in [-0.15, -0.1) is 12.4 Å². The number of rotatable bonds is 40. The number of allylic oxidation sites excluding steroid dienone is 1. The third-order valence-electron chi connectivity index (χ3n) is 15.5. The Bertz CT molecular complexity index is 3290. The normalized spacial score (nSPS) is 11.5. The van der Waals surface area contributed by atoms with Crippen LogP contribution in [0.15, 0.2) is 71.8 Å². The number of carboxylic acid groups (broad SMARTS) is 2. The van der Waals surface area contributed by atoms with Gasteiger partial charge in [0.05, 0.1) is 72.2 Å². The van der Waals surface area contributed by atoms with E-state index in [1.54, 1.807) is 21.0 Å². The van der Waals surface area contributed by atoms with Crippen LogP contribution in [0.1, 0.15) is 188 Å². The number of carbonyl (C=O) groups is 11. The predicted molar refractivity (Wildman–Crippen MR) is 430 cm³/mol. The molecule has 42 heteroatoms. The van der Waals surface area contributed by atoms with E-state index in [0.29, 0.717) is 26.0 Å². The number of alkyl halides is 16. The summed E-state index contributed by atoms with van der Waals surface area (Å²) in [5.74, 6) is -10.6. The molecule has 0 saturated carbocycles. The summed E-state index contributed by atoms with van der Waals surface area (Å²) in [6.07, 6.45) is -21.6. The molecule has 0 radical (unpaired) electrons. The van der Waals surface area contributed by atoms with E-state index in [9.17, 15) is 123 Å². The highest BCUT2D eigenvalue weighted by molar-refractivity contribution is 6.14. The maximum atomic E-state index is 12.8. The lowest BCUT2D eigenvalue weighted by atomic mass is 9.79. The standard InChI is InChI=1S/C14H18F2N2.C14H19F2NO2.C11H18F2O4.C10H14F2O4.C8H15F2NO2.C7H12O4.C6H10F2O2.C6H10F2O.C3H4F2O.C3H7O.ClH/c1-14(2,13(15)16)8-12(9-17)18-10-11-6-4-3-5-7-11;1-14(2,13(15)16)8-11(12(18)19)17-9-10-6-4-3-5-7-10;1-5-16-8(14)7(9(15)17-6-2)11(3,4)10(12)13;1-4-15-9(13)7(6(3)8(11)12)10(14)16-5-2;1-8(2,7(9)10)5-6(12)11(3)13-4;1-3-10-6(8)5-7(9)11-4-2;1-6(2,5(7)8)3-4(9)10;1-6(2,3-4-9)5(7)8;1-2(6)3(4)5;1-3-4-2;/h3-7,12-13,18H,8,10H2,1-2H3;3-7,11,13,17H,8-9H2,1-2H3,(H,18,19);7,10H,5-6H2,1-4H3;8H,4-5H2,1-3H3;7H,5H2,1-4H3;3-5H2,1-2H3;5H,3H2,1-2H3,(H,9,10);4-5H,3H2,1-2H3;3H,1H3;1,3H2,2H3;1H/q;;;;;;;;;+1;. The maximum absolute atomic E-state index is 12.8. The molecule has 0 fully saturated rings. The number of ketones is 1. The molecular weight excluding hydrogens is 1720 g/mol. The SMILES string of the molecule is CC(=O)C(F)F.CC(C)(CC(=O)O)C(F)F.CC(C)(CC(C#N)NCc1ccccc1)C(F)F.CC(C)(CC(NCc1ccccc1)C(=O)O)C(F)F.CC(C)(CC=O)C(F)F.CCOC(=O)C(C(=O)OCC)=C(C)C(F)F.CCOC(=O)C(C(=O)OCC)C(C)(C)C(F)F.CCOC(=O)CC(=O)OCC.CON(C)C(=O)CC(C)(C)C(F)F.Cl.[CH2+]COC. The van der Waals surface area contributed by atoms with E-state index in [1.807, 2.05) is 66.7 Å². The van der Waals surface area contributed by atoms with Gasteiger partial charge >= 0.3 is 47.8 Å². The number of aldehydes is 1. The Morgan fingerprint density at radius 3 is 1.08 bits per heavy atom. The first-order valence-electron chi connectivity index (χ1n) is 37.8. The predicted octanol–water partition coefficient (Wildman–Crippen LogP) is 17.5. The Labute approximate surface area is 723 Å². The van der Waals surface area contributed by atoms with E-state index >= 15 is 0 Å². The average molecular weight is 1850 g/mol. The van der Waals surface area contributed by atoms with E-state index in [0.717, 1.165) is 43.9 Å². The van der Waals surface area contributed by atoms with Gasteiger partial charge in [0, 0.05) is 85.1 Å². The third kappa shape index (κ3) is 66.6. The number of carboxylic acids is 2. The minimum absolute atomic E-state index is 0. The number of esters is 6. The molecule has 25 nitrogen and oxygen atoms in total. The molecule has 0 aliphatic carbocycles. The molecule has 124 heavy (non-hydrogen) atoms. The quantitative estimate of drug-likeness (QED) is 0.00554. The molecule has 4 N–H and O–H groups in total. The van der Waals surface area contributed by atoms with Crippen molar-refractivity contribution < 1.29 is 171 Å². The van der Waals surface area contributed by atoms with Crippen LogP contribution in [0.5, 0.6) is 0 Å². The Morgan fingerprint density at radius 1 is 0.500 bits per heavy atom. The summed E-state index contributed by atoms with van der Waals surface area (Å²) in [7, 11) is 4.32. The number of nitriles is 1. The van der Waals surface area contributed by atoms with Crippen LogP contribution in [0.3, 0.4) is 0 Å². The molecule has 0 aromatic heterocycles. The number of halogens is 17. The molecular formula is C82H128ClF16N4O21+. The molecule has 2 atom stereocenters. The van der Waals surface area contributed by atoms with Crippen molar-refractivity contribution in [2.24, 2.45) is 38.4 Å². The molecule has 2 aromatic carbocycles. The second kappa shape index (κ2) is 72.3. The molecule has 0 aliphatic rings. The zero-order valence-corrected chi connectivity index (χ0v) is 75.3. The summed E-state index contributed by atoms with van der Waals surface area (Å²) in [4.78, 5) is 123. The van der Waals surface area contributed by atoms with Crippen LogP contribution in [0.25, 0.3) is 0 Å². The second-order valence-corrected chi connectivity index (χ2v) is 29.4. The van der Waals surface area contributed by atoms with Gasteiger partial charge in [0.2, 0.25) is 44.5 Å². The van der Waals surface area contributed by atoms with Gasteiger partial charge in [-0.3, -0.25) is 48.5 Å². The molecule has 2 rings (SSSR count). The number of nitrogens with zero attached hydrogens (tertiary/aromatic N) is 2. The Hall–Kier alpha value is -8.88. The summed E-state index contributed by atoms with van der Waals surface area (Å²) in [5.41, 5.74) is -7.57. The Morgan fingerprint density at radius 2 is 0.831 bits per heavy atom. The van der Waals surface area contributed by atoms with Crippen molar-refractivity contribution in [3.63, 3.8) is 0 Å². The van der Waals surface area contributed by atoms with Crippen LogP contribution in [0.4, 0.5) is 70.2 Å². The summed E-state index contributed by atoms with van der Waals surface area (Å²) >= 11 is 0. The average Bonchev–Trinajstić information content (AvgIpc) is 0.808. The second-order valence-electron chi connectivity index (χ2n) is 29.4. The fraction of sp³-hybridized carbons (Fsp3) is 0.671. The topological polar surface area (TPSA) is 353 Å². The van der Waals surface area contributed by atoms with Crippen molar-refractivity contribution >= 4 is 78.1 Å². The van der Waals surface area contributed by atoms with Gasteiger partial charge in [-0.05, 0) is 72.4 Å². The first-order chi connectivity index (χ1) is 56.4. The number of aliphatic carboxylic acids is 2. The zero-order chi connectivity index (χ0) is 98.2. The molecule has 0 saturated heterocycles. The molecule has 0 aliphatic heterocycles. The number of hydrogen-bond acceptors (Lipinski definition) is 22. The summed E-state index contributed by atoms with van der Waals surface area (Å²) in [5, 5.41) is 33.0. The number of carbonyl (C=O) groups excluding carboxylic acids is 9. The number of Topliss-reactive ketones (excluding diaryl/α,β-unsaturated/α-hetero) is 1. The van der Waals surface area contributed by atoms with E-state index in [1.165, 1.54) is 111 Å². The Balaban J connectivity index is -0.000000173.